The number of nitrogens with zero attached hydrogens (tertiary/aromatic N) is 3. The fourth-order valence-electron chi connectivity index (χ4n) is 2.81. The van der Waals surface area contributed by atoms with Crippen molar-refractivity contribution >= 4 is 5.69 Å². The second kappa shape index (κ2) is 6.26. The number of hydrogen-bond donors (Lipinski definition) is 1. The molecule has 21 heavy (non-hydrogen) atoms. The fourth-order valence-corrected chi connectivity index (χ4v) is 2.81. The molecule has 0 amide bonds. The predicted molar refractivity (Wildman–Crippen MR) is 82.6 cm³/mol. The van der Waals surface area contributed by atoms with E-state index in [2.05, 4.69) is 52.4 Å². The molecule has 0 saturated heterocycles. The summed E-state index contributed by atoms with van der Waals surface area (Å²) < 4.78 is 5.49. The molecule has 1 aliphatic rings. The molecule has 0 aliphatic carbocycles. The van der Waals surface area contributed by atoms with Gasteiger partial charge in [0.2, 0.25) is 5.89 Å². The lowest BCUT2D eigenvalue weighted by Gasteiger charge is -2.16. The average molecular weight is 286 g/mol. The van der Waals surface area contributed by atoms with Gasteiger partial charge in [0.25, 0.3) is 0 Å². The van der Waals surface area contributed by atoms with Crippen LogP contribution >= 0.6 is 0 Å². The van der Waals surface area contributed by atoms with Crippen LogP contribution in [0.4, 0.5) is 5.69 Å². The number of fused-ring (bicyclic) bond motifs is 1. The van der Waals surface area contributed by atoms with Crippen LogP contribution < -0.4 is 5.32 Å². The molecule has 1 unspecified atom stereocenters. The van der Waals surface area contributed by atoms with Crippen LogP contribution in [0.3, 0.4) is 0 Å². The molecule has 1 aromatic carbocycles. The van der Waals surface area contributed by atoms with Gasteiger partial charge in [-0.2, -0.15) is 4.98 Å². The van der Waals surface area contributed by atoms with Gasteiger partial charge in [-0.25, -0.2) is 0 Å². The third-order valence-corrected chi connectivity index (χ3v) is 4.16. The average Bonchev–Trinajstić information content (AvgIpc) is 3.14. The molecule has 5 nitrogen and oxygen atoms in total. The number of anilines is 1. The van der Waals surface area contributed by atoms with Crippen molar-refractivity contribution in [1.29, 1.82) is 0 Å². The van der Waals surface area contributed by atoms with Crippen molar-refractivity contribution in [3.63, 3.8) is 0 Å². The normalized spacial score (nSPS) is 17.0. The van der Waals surface area contributed by atoms with Gasteiger partial charge in [0.1, 0.15) is 0 Å². The largest absolute Gasteiger partial charge is 0.384 e. The van der Waals surface area contributed by atoms with Crippen LogP contribution in [0.5, 0.6) is 0 Å². The van der Waals surface area contributed by atoms with E-state index < -0.39 is 0 Å². The summed E-state index contributed by atoms with van der Waals surface area (Å²) in [4.78, 5) is 6.95. The maximum absolute atomic E-state index is 5.49. The Morgan fingerprint density at radius 3 is 2.90 bits per heavy atom. The zero-order valence-electron chi connectivity index (χ0n) is 12.7. The summed E-state index contributed by atoms with van der Waals surface area (Å²) in [5, 5.41) is 7.52. The SMILES string of the molecule is CCN(CC)CCc1noc(C2CNc3ccccc32)n1. The van der Waals surface area contributed by atoms with Crippen LogP contribution in [0.25, 0.3) is 0 Å². The number of hydrogen-bond acceptors (Lipinski definition) is 5. The second-order valence-corrected chi connectivity index (χ2v) is 5.35. The molecule has 1 aliphatic heterocycles. The molecule has 1 N–H and O–H groups in total. The number of likely N-dealkylation sites (N-methyl/N-ethyl adjacent to an activating group) is 1. The standard InChI is InChI=1S/C16H22N4O/c1-3-20(4-2)10-9-15-18-16(21-19-15)13-11-17-14-8-6-5-7-12(13)14/h5-8,13,17H,3-4,9-11H2,1-2H3. The van der Waals surface area contributed by atoms with Crippen LogP contribution in [0.2, 0.25) is 0 Å². The molecule has 3 rings (SSSR count). The first-order valence-corrected chi connectivity index (χ1v) is 7.69. The van der Waals surface area contributed by atoms with Crippen molar-refractivity contribution in [2.75, 3.05) is 31.5 Å². The Labute approximate surface area is 125 Å². The lowest BCUT2D eigenvalue weighted by atomic mass is 10.0. The van der Waals surface area contributed by atoms with Crippen molar-refractivity contribution in [2.45, 2.75) is 26.2 Å². The third kappa shape index (κ3) is 2.93. The summed E-state index contributed by atoms with van der Waals surface area (Å²) in [5.41, 5.74) is 2.42. The van der Waals surface area contributed by atoms with Gasteiger partial charge in [-0.05, 0) is 24.7 Å². The van der Waals surface area contributed by atoms with E-state index in [1.807, 2.05) is 6.07 Å². The Morgan fingerprint density at radius 2 is 2.10 bits per heavy atom. The molecule has 0 saturated carbocycles. The fraction of sp³-hybridized carbons (Fsp3) is 0.500. The van der Waals surface area contributed by atoms with E-state index >= 15 is 0 Å². The number of aromatic nitrogens is 2. The molecular weight excluding hydrogens is 264 g/mol. The Balaban J connectivity index is 1.69. The van der Waals surface area contributed by atoms with Crippen molar-refractivity contribution in [3.05, 3.63) is 41.5 Å². The minimum atomic E-state index is 0.177. The highest BCUT2D eigenvalue weighted by atomic mass is 16.5. The van der Waals surface area contributed by atoms with Crippen LogP contribution in [-0.2, 0) is 6.42 Å². The van der Waals surface area contributed by atoms with Gasteiger partial charge in [0.15, 0.2) is 5.82 Å². The van der Waals surface area contributed by atoms with Crippen molar-refractivity contribution < 1.29 is 4.52 Å². The van der Waals surface area contributed by atoms with E-state index in [0.717, 1.165) is 44.3 Å². The molecule has 2 heterocycles. The first-order chi connectivity index (χ1) is 10.3. The van der Waals surface area contributed by atoms with Gasteiger partial charge in [-0.3, -0.25) is 0 Å². The van der Waals surface area contributed by atoms with Gasteiger partial charge >= 0.3 is 0 Å². The van der Waals surface area contributed by atoms with Gasteiger partial charge in [-0.15, -0.1) is 0 Å². The molecule has 1 aromatic heterocycles. The number of rotatable bonds is 6. The molecule has 0 radical (unpaired) electrons. The number of benzene rings is 1. The number of nitrogens with one attached hydrogen (secondary N) is 1. The van der Waals surface area contributed by atoms with E-state index in [1.54, 1.807) is 0 Å². The third-order valence-electron chi connectivity index (χ3n) is 4.16. The Hall–Kier alpha value is -1.88. The van der Waals surface area contributed by atoms with E-state index in [1.165, 1.54) is 11.3 Å². The molecular formula is C16H22N4O. The van der Waals surface area contributed by atoms with Crippen LogP contribution in [-0.4, -0.2) is 41.2 Å². The monoisotopic (exact) mass is 286 g/mol. The topological polar surface area (TPSA) is 54.2 Å². The highest BCUT2D eigenvalue weighted by Crippen LogP contribution is 2.34. The summed E-state index contributed by atoms with van der Waals surface area (Å²) in [6, 6.07) is 8.31. The smallest absolute Gasteiger partial charge is 0.236 e. The van der Waals surface area contributed by atoms with Crippen LogP contribution in [0, 0.1) is 0 Å². The Bertz CT molecular complexity index is 591. The summed E-state index contributed by atoms with van der Waals surface area (Å²) >= 11 is 0. The minimum absolute atomic E-state index is 0.177. The van der Waals surface area contributed by atoms with E-state index in [9.17, 15) is 0 Å². The molecule has 5 heteroatoms. The van der Waals surface area contributed by atoms with Gasteiger partial charge in [-0.1, -0.05) is 37.2 Å². The highest BCUT2D eigenvalue weighted by molar-refractivity contribution is 5.59. The van der Waals surface area contributed by atoms with E-state index in [0.29, 0.717) is 0 Å². The molecule has 0 spiro atoms. The van der Waals surface area contributed by atoms with Crippen LogP contribution in [0.15, 0.2) is 28.8 Å². The van der Waals surface area contributed by atoms with Crippen molar-refractivity contribution in [1.82, 2.24) is 15.0 Å². The highest BCUT2D eigenvalue weighted by Gasteiger charge is 2.28. The van der Waals surface area contributed by atoms with Crippen molar-refractivity contribution in [2.24, 2.45) is 0 Å². The summed E-state index contributed by atoms with van der Waals surface area (Å²) in [6.45, 7) is 8.27. The first kappa shape index (κ1) is 14.1. The summed E-state index contributed by atoms with van der Waals surface area (Å²) in [5.74, 6) is 1.71. The molecule has 0 fully saturated rings. The zero-order valence-corrected chi connectivity index (χ0v) is 12.7. The molecule has 112 valence electrons. The van der Waals surface area contributed by atoms with Crippen LogP contribution in [0.1, 0.15) is 37.0 Å². The number of para-hydroxylation sites is 1. The quantitative estimate of drug-likeness (QED) is 0.884. The predicted octanol–water partition coefficient (Wildman–Crippen LogP) is 2.51. The van der Waals surface area contributed by atoms with Gasteiger partial charge in [0, 0.05) is 25.2 Å². The zero-order chi connectivity index (χ0) is 14.7. The second-order valence-electron chi connectivity index (χ2n) is 5.35. The molecule has 2 aromatic rings. The summed E-state index contributed by atoms with van der Waals surface area (Å²) in [7, 11) is 0. The maximum atomic E-state index is 5.49. The van der Waals surface area contributed by atoms with Gasteiger partial charge < -0.3 is 14.7 Å². The van der Waals surface area contributed by atoms with E-state index in [-0.39, 0.29) is 5.92 Å². The summed E-state index contributed by atoms with van der Waals surface area (Å²) in [6.07, 6.45) is 0.840. The maximum Gasteiger partial charge on any atom is 0.236 e. The molecule has 0 bridgehead atoms. The lowest BCUT2D eigenvalue weighted by Crippen LogP contribution is -2.25. The Morgan fingerprint density at radius 1 is 1.29 bits per heavy atom. The van der Waals surface area contributed by atoms with Crippen molar-refractivity contribution in [3.8, 4) is 0 Å². The first-order valence-electron chi connectivity index (χ1n) is 7.69. The van der Waals surface area contributed by atoms with E-state index in [4.69, 9.17) is 4.52 Å². The molecule has 1 atom stereocenters. The minimum Gasteiger partial charge on any atom is -0.384 e. The Kier molecular flexibility index (Phi) is 4.20. The lowest BCUT2D eigenvalue weighted by molar-refractivity contribution is 0.302. The van der Waals surface area contributed by atoms with Gasteiger partial charge in [0.05, 0.1) is 5.92 Å².